The molecule has 1 aliphatic rings. The van der Waals surface area contributed by atoms with Crippen LogP contribution < -0.4 is 5.32 Å². The van der Waals surface area contributed by atoms with Crippen LogP contribution >= 0.6 is 7.82 Å². The van der Waals surface area contributed by atoms with Gasteiger partial charge in [-0.05, 0) is 0 Å². The van der Waals surface area contributed by atoms with Gasteiger partial charge < -0.3 is 35.2 Å². The molecular weight excluding hydrogens is 308 g/mol. The molecule has 6 N–H and O–H groups in total. The zero-order valence-corrected chi connectivity index (χ0v) is 13.8. The summed E-state index contributed by atoms with van der Waals surface area (Å²) in [4.78, 5) is 27.9. The van der Waals surface area contributed by atoms with E-state index in [9.17, 15) is 24.7 Å². The average Bonchev–Trinajstić information content (AvgIpc) is 2.26. The van der Waals surface area contributed by atoms with Crippen LogP contribution in [-0.2, 0) is 18.6 Å². The minimum absolute atomic E-state index is 0. The molecule has 0 aromatic heterocycles. The van der Waals surface area contributed by atoms with Gasteiger partial charge in [0.25, 0.3) is 0 Å². The molecule has 5 atom stereocenters. The molecule has 5 unspecified atom stereocenters. The third kappa shape index (κ3) is 6.04. The summed E-state index contributed by atoms with van der Waals surface area (Å²) in [5.41, 5.74) is 0. The smallest absolute Gasteiger partial charge is 0.388 e. The fraction of sp³-hybridized carbons (Fsp3) is 0.875. The molecule has 1 aliphatic heterocycles. The number of aliphatic hydroxyl groups excluding tert-OH is 3. The molecule has 0 saturated carbocycles. The number of rotatable bonds is 4. The van der Waals surface area contributed by atoms with Gasteiger partial charge >= 0.3 is 7.82 Å². The fourth-order valence-corrected chi connectivity index (χ4v) is 1.99. The summed E-state index contributed by atoms with van der Waals surface area (Å²) >= 11 is 0. The Hall–Kier alpha value is 0.420. The summed E-state index contributed by atoms with van der Waals surface area (Å²) in [5, 5.41) is 31.1. The monoisotopic (exact) mass is 326 g/mol. The van der Waals surface area contributed by atoms with Gasteiger partial charge in [-0.15, -0.1) is 0 Å². The molecule has 0 aliphatic carbocycles. The van der Waals surface area contributed by atoms with Crippen molar-refractivity contribution in [3.63, 3.8) is 0 Å². The summed E-state index contributed by atoms with van der Waals surface area (Å²) in [6.07, 6.45) is -6.15. The van der Waals surface area contributed by atoms with Gasteiger partial charge in [-0.3, -0.25) is 9.32 Å². The SMILES string of the molecule is CC(=O)NC1C(O)OC(COP(=O)(O)O)C(O)C1O.[HH].[Na]. The second kappa shape index (κ2) is 8.16. The number of ether oxygens (including phenoxy) is 1. The van der Waals surface area contributed by atoms with Crippen molar-refractivity contribution >= 4 is 43.3 Å². The van der Waals surface area contributed by atoms with E-state index in [4.69, 9.17) is 14.5 Å². The summed E-state index contributed by atoms with van der Waals surface area (Å²) < 4.78 is 19.5. The molecule has 1 fully saturated rings. The van der Waals surface area contributed by atoms with Gasteiger partial charge in [-0.2, -0.15) is 0 Å². The van der Waals surface area contributed by atoms with Crippen LogP contribution in [0.1, 0.15) is 8.35 Å². The first kappa shape index (κ1) is 20.4. The van der Waals surface area contributed by atoms with Crippen LogP contribution in [0.2, 0.25) is 0 Å². The zero-order chi connectivity index (χ0) is 14.8. The molecule has 0 bridgehead atoms. The van der Waals surface area contributed by atoms with Gasteiger partial charge in [0.1, 0.15) is 24.4 Å². The largest absolute Gasteiger partial charge is 0.469 e. The average molecular weight is 326 g/mol. The van der Waals surface area contributed by atoms with Crippen molar-refractivity contribution < 1.29 is 45.2 Å². The first-order chi connectivity index (χ1) is 8.61. The van der Waals surface area contributed by atoms with E-state index in [0.717, 1.165) is 6.92 Å². The number of hydrogen-bond acceptors (Lipinski definition) is 7. The summed E-state index contributed by atoms with van der Waals surface area (Å²) in [6.45, 7) is 0.418. The predicted molar refractivity (Wildman–Crippen MR) is 66.4 cm³/mol. The maximum atomic E-state index is 10.9. The Morgan fingerprint density at radius 3 is 2.35 bits per heavy atom. The number of aliphatic hydroxyl groups is 3. The van der Waals surface area contributed by atoms with Gasteiger partial charge in [0.2, 0.25) is 5.91 Å². The van der Waals surface area contributed by atoms with Crippen LogP contribution in [0.15, 0.2) is 0 Å². The van der Waals surface area contributed by atoms with Gasteiger partial charge in [-0.1, -0.05) is 0 Å². The molecular formula is C8H18NNaO9P. The minimum Gasteiger partial charge on any atom is -0.388 e. The minimum atomic E-state index is -4.76. The van der Waals surface area contributed by atoms with E-state index in [-0.39, 0.29) is 31.0 Å². The normalized spacial score (nSPS) is 34.2. The third-order valence-electron chi connectivity index (χ3n) is 2.50. The van der Waals surface area contributed by atoms with E-state index < -0.39 is 51.0 Å². The predicted octanol–water partition coefficient (Wildman–Crippen LogP) is -3.10. The van der Waals surface area contributed by atoms with Crippen LogP contribution in [0.25, 0.3) is 0 Å². The molecule has 115 valence electrons. The molecule has 1 radical (unpaired) electrons. The van der Waals surface area contributed by atoms with E-state index in [1.807, 2.05) is 0 Å². The Bertz CT molecular complexity index is 383. The number of phosphoric acid groups is 1. The topological polar surface area (TPSA) is 166 Å². The van der Waals surface area contributed by atoms with E-state index in [2.05, 4.69) is 9.84 Å². The van der Waals surface area contributed by atoms with Gasteiger partial charge in [0.15, 0.2) is 6.29 Å². The maximum absolute atomic E-state index is 10.9. The Morgan fingerprint density at radius 2 is 1.90 bits per heavy atom. The molecule has 0 spiro atoms. The molecule has 0 aromatic carbocycles. The van der Waals surface area contributed by atoms with Gasteiger partial charge in [0.05, 0.1) is 6.61 Å². The Balaban J connectivity index is 0. The first-order valence-corrected chi connectivity index (χ1v) is 6.81. The molecule has 1 amide bonds. The van der Waals surface area contributed by atoms with Crippen molar-refractivity contribution in [1.82, 2.24) is 5.32 Å². The van der Waals surface area contributed by atoms with E-state index >= 15 is 0 Å². The summed E-state index contributed by atoms with van der Waals surface area (Å²) in [5.74, 6) is -0.552. The number of carbonyl (C=O) groups excluding carboxylic acids is 1. The molecule has 12 heteroatoms. The number of hydrogen-bond donors (Lipinski definition) is 6. The number of phosphoric ester groups is 1. The van der Waals surface area contributed by atoms with E-state index in [0.29, 0.717) is 0 Å². The van der Waals surface area contributed by atoms with Gasteiger partial charge in [-0.25, -0.2) is 4.57 Å². The standard InChI is InChI=1S/C8H16NO9P.Na.H2/c1-3(10)9-5-7(12)6(11)4(18-8(5)13)2-17-19(14,15)16;;/h4-8,11-13H,2H2,1H3,(H,9,10)(H2,14,15,16);;1H. The second-order valence-electron chi connectivity index (χ2n) is 4.06. The second-order valence-corrected chi connectivity index (χ2v) is 5.30. The quantitative estimate of drug-likeness (QED) is 0.232. The Labute approximate surface area is 138 Å². The number of amides is 1. The van der Waals surface area contributed by atoms with E-state index in [1.54, 1.807) is 0 Å². The van der Waals surface area contributed by atoms with Crippen molar-refractivity contribution in [2.75, 3.05) is 6.61 Å². The van der Waals surface area contributed by atoms with Crippen molar-refractivity contribution in [3.05, 3.63) is 0 Å². The van der Waals surface area contributed by atoms with Crippen LogP contribution in [0.3, 0.4) is 0 Å². The van der Waals surface area contributed by atoms with Crippen LogP contribution in [0.4, 0.5) is 0 Å². The molecule has 1 rings (SSSR count). The summed E-state index contributed by atoms with van der Waals surface area (Å²) in [6, 6.07) is -1.25. The molecule has 0 aromatic rings. The molecule has 1 heterocycles. The van der Waals surface area contributed by atoms with Gasteiger partial charge in [0, 0.05) is 37.9 Å². The Kier molecular flexibility index (Phi) is 8.33. The van der Waals surface area contributed by atoms with Crippen molar-refractivity contribution in [3.8, 4) is 0 Å². The summed E-state index contributed by atoms with van der Waals surface area (Å²) in [7, 11) is -4.76. The van der Waals surface area contributed by atoms with Crippen molar-refractivity contribution in [2.45, 2.75) is 37.6 Å². The van der Waals surface area contributed by atoms with Crippen molar-refractivity contribution in [1.29, 1.82) is 0 Å². The van der Waals surface area contributed by atoms with Crippen molar-refractivity contribution in [2.24, 2.45) is 0 Å². The fourth-order valence-electron chi connectivity index (χ4n) is 1.65. The zero-order valence-electron chi connectivity index (χ0n) is 10.9. The van der Waals surface area contributed by atoms with Crippen LogP contribution in [-0.4, -0.2) is 97.8 Å². The number of nitrogens with one attached hydrogen (secondary N) is 1. The molecule has 20 heavy (non-hydrogen) atoms. The number of carbonyl (C=O) groups is 1. The van der Waals surface area contributed by atoms with E-state index in [1.165, 1.54) is 0 Å². The van der Waals surface area contributed by atoms with Crippen LogP contribution in [0.5, 0.6) is 0 Å². The molecule has 1 saturated heterocycles. The molecule has 10 nitrogen and oxygen atoms in total. The van der Waals surface area contributed by atoms with Crippen LogP contribution in [0, 0.1) is 0 Å². The Morgan fingerprint density at radius 1 is 1.35 bits per heavy atom. The maximum Gasteiger partial charge on any atom is 0.469 e. The first-order valence-electron chi connectivity index (χ1n) is 5.28. The third-order valence-corrected chi connectivity index (χ3v) is 2.98.